The van der Waals surface area contributed by atoms with Crippen molar-refractivity contribution in [2.45, 2.75) is 6.92 Å². The van der Waals surface area contributed by atoms with Crippen LogP contribution in [0.25, 0.3) is 16.8 Å². The lowest BCUT2D eigenvalue weighted by Gasteiger charge is -2.02. The second-order valence-electron chi connectivity index (χ2n) is 3.96. The van der Waals surface area contributed by atoms with Gasteiger partial charge in [0.1, 0.15) is 5.65 Å². The molecular formula is C12H10N4O2. The third-order valence-corrected chi connectivity index (χ3v) is 2.85. The Bertz CT molecular complexity index is 774. The number of nitrogens with zero attached hydrogens (tertiary/aromatic N) is 3. The number of aromatic amines is 1. The van der Waals surface area contributed by atoms with Crippen LogP contribution in [0.2, 0.25) is 0 Å². The van der Waals surface area contributed by atoms with Gasteiger partial charge >= 0.3 is 0 Å². The van der Waals surface area contributed by atoms with Gasteiger partial charge in [0.05, 0.1) is 11.8 Å². The Labute approximate surface area is 102 Å². The van der Waals surface area contributed by atoms with Gasteiger partial charge in [0.15, 0.2) is 0 Å². The summed E-state index contributed by atoms with van der Waals surface area (Å²) < 4.78 is 1.30. The number of aromatic hydroxyl groups is 1. The van der Waals surface area contributed by atoms with Gasteiger partial charge < -0.3 is 10.1 Å². The fraction of sp³-hybridized carbons (Fsp3) is 0.0833. The van der Waals surface area contributed by atoms with E-state index in [1.165, 1.54) is 4.52 Å². The summed E-state index contributed by atoms with van der Waals surface area (Å²) in [6, 6.07) is 3.66. The van der Waals surface area contributed by atoms with E-state index >= 15 is 0 Å². The smallest absolute Gasteiger partial charge is 0.257 e. The fourth-order valence-corrected chi connectivity index (χ4v) is 1.82. The topological polar surface area (TPSA) is 83.3 Å². The quantitative estimate of drug-likeness (QED) is 0.669. The Hall–Kier alpha value is -2.63. The van der Waals surface area contributed by atoms with Crippen LogP contribution in [0, 0.1) is 6.92 Å². The summed E-state index contributed by atoms with van der Waals surface area (Å²) >= 11 is 0. The summed E-state index contributed by atoms with van der Waals surface area (Å²) in [5, 5.41) is 13.9. The number of pyridine rings is 1. The van der Waals surface area contributed by atoms with Crippen molar-refractivity contribution in [1.82, 2.24) is 19.6 Å². The van der Waals surface area contributed by atoms with E-state index in [2.05, 4.69) is 15.1 Å². The molecule has 0 unspecified atom stereocenters. The molecule has 0 aromatic carbocycles. The lowest BCUT2D eigenvalue weighted by Crippen LogP contribution is -2.12. The number of hydrogen-bond donors (Lipinski definition) is 2. The van der Waals surface area contributed by atoms with Crippen molar-refractivity contribution in [2.75, 3.05) is 0 Å². The normalized spacial score (nSPS) is 10.9. The molecule has 18 heavy (non-hydrogen) atoms. The Balaban J connectivity index is 2.38. The third kappa shape index (κ3) is 1.39. The van der Waals surface area contributed by atoms with Crippen molar-refractivity contribution in [3.8, 4) is 17.0 Å². The van der Waals surface area contributed by atoms with E-state index < -0.39 is 0 Å². The van der Waals surface area contributed by atoms with Crippen molar-refractivity contribution < 1.29 is 5.11 Å². The Kier molecular flexibility index (Phi) is 2.16. The first-order valence-corrected chi connectivity index (χ1v) is 5.38. The Morgan fingerprint density at radius 2 is 2.22 bits per heavy atom. The lowest BCUT2D eigenvalue weighted by molar-refractivity contribution is 0.429. The Morgan fingerprint density at radius 1 is 1.39 bits per heavy atom. The van der Waals surface area contributed by atoms with Crippen LogP contribution in [-0.2, 0) is 0 Å². The molecule has 0 aliphatic heterocycles. The van der Waals surface area contributed by atoms with Crippen LogP contribution in [0.15, 0.2) is 35.5 Å². The molecule has 0 saturated carbocycles. The molecule has 0 bridgehead atoms. The van der Waals surface area contributed by atoms with E-state index in [1.807, 2.05) is 6.07 Å². The second kappa shape index (κ2) is 3.69. The zero-order valence-electron chi connectivity index (χ0n) is 9.58. The van der Waals surface area contributed by atoms with Gasteiger partial charge in [0.2, 0.25) is 5.88 Å². The van der Waals surface area contributed by atoms with E-state index in [1.54, 1.807) is 31.6 Å². The number of rotatable bonds is 1. The summed E-state index contributed by atoms with van der Waals surface area (Å²) in [4.78, 5) is 18.4. The minimum absolute atomic E-state index is 0.149. The first-order chi connectivity index (χ1) is 8.68. The van der Waals surface area contributed by atoms with E-state index in [4.69, 9.17) is 0 Å². The predicted molar refractivity (Wildman–Crippen MR) is 65.4 cm³/mol. The highest BCUT2D eigenvalue weighted by molar-refractivity contribution is 5.76. The van der Waals surface area contributed by atoms with Crippen molar-refractivity contribution in [3.05, 3.63) is 46.6 Å². The van der Waals surface area contributed by atoms with Crippen LogP contribution < -0.4 is 5.56 Å². The van der Waals surface area contributed by atoms with Crippen LogP contribution in [0.4, 0.5) is 0 Å². The Morgan fingerprint density at radius 3 is 2.94 bits per heavy atom. The molecule has 6 nitrogen and oxygen atoms in total. The fourth-order valence-electron chi connectivity index (χ4n) is 1.82. The monoisotopic (exact) mass is 242 g/mol. The van der Waals surface area contributed by atoms with Crippen molar-refractivity contribution in [3.63, 3.8) is 0 Å². The molecular weight excluding hydrogens is 232 g/mol. The summed E-state index contributed by atoms with van der Waals surface area (Å²) in [7, 11) is 0. The SMILES string of the molecule is Cc1c(O)n2ncc(-c3cccnc3)c2[nH]c1=O. The molecule has 6 heteroatoms. The maximum Gasteiger partial charge on any atom is 0.257 e. The molecule has 0 fully saturated rings. The van der Waals surface area contributed by atoms with Crippen LogP contribution in [0.1, 0.15) is 5.56 Å². The molecule has 0 spiro atoms. The molecule has 0 aliphatic rings. The molecule has 3 heterocycles. The molecule has 90 valence electrons. The van der Waals surface area contributed by atoms with Gasteiger partial charge in [-0.15, -0.1) is 0 Å². The average molecular weight is 242 g/mol. The van der Waals surface area contributed by atoms with Gasteiger partial charge in [-0.3, -0.25) is 9.78 Å². The molecule has 2 N–H and O–H groups in total. The second-order valence-corrected chi connectivity index (χ2v) is 3.96. The average Bonchev–Trinajstić information content (AvgIpc) is 2.81. The number of aromatic nitrogens is 4. The van der Waals surface area contributed by atoms with Gasteiger partial charge in [-0.05, 0) is 13.0 Å². The van der Waals surface area contributed by atoms with Gasteiger partial charge in [-0.1, -0.05) is 6.07 Å². The van der Waals surface area contributed by atoms with Crippen LogP contribution >= 0.6 is 0 Å². The van der Waals surface area contributed by atoms with Gasteiger partial charge in [-0.25, -0.2) is 0 Å². The number of hydrogen-bond acceptors (Lipinski definition) is 4. The molecule has 0 amide bonds. The molecule has 3 rings (SSSR count). The summed E-state index contributed by atoms with van der Waals surface area (Å²) in [6.45, 7) is 1.54. The lowest BCUT2D eigenvalue weighted by atomic mass is 10.1. The molecule has 3 aromatic heterocycles. The highest BCUT2D eigenvalue weighted by atomic mass is 16.3. The molecule has 0 aliphatic carbocycles. The van der Waals surface area contributed by atoms with Crippen LogP contribution in [0.3, 0.4) is 0 Å². The minimum Gasteiger partial charge on any atom is -0.493 e. The maximum atomic E-state index is 11.7. The first kappa shape index (κ1) is 10.5. The molecule has 3 aromatic rings. The maximum absolute atomic E-state index is 11.7. The van der Waals surface area contributed by atoms with Crippen molar-refractivity contribution in [1.29, 1.82) is 0 Å². The van der Waals surface area contributed by atoms with Gasteiger partial charge in [-0.2, -0.15) is 9.61 Å². The molecule has 0 radical (unpaired) electrons. The van der Waals surface area contributed by atoms with E-state index in [0.717, 1.165) is 11.1 Å². The summed E-state index contributed by atoms with van der Waals surface area (Å²) in [5.74, 6) is -0.149. The highest BCUT2D eigenvalue weighted by Crippen LogP contribution is 2.24. The van der Waals surface area contributed by atoms with Crippen molar-refractivity contribution >= 4 is 5.65 Å². The van der Waals surface area contributed by atoms with Gasteiger partial charge in [0.25, 0.3) is 5.56 Å². The number of fused-ring (bicyclic) bond motifs is 1. The minimum atomic E-state index is -0.328. The zero-order valence-corrected chi connectivity index (χ0v) is 9.58. The largest absolute Gasteiger partial charge is 0.493 e. The number of nitrogens with one attached hydrogen (secondary N) is 1. The third-order valence-electron chi connectivity index (χ3n) is 2.85. The van der Waals surface area contributed by atoms with Crippen LogP contribution in [-0.4, -0.2) is 24.7 Å². The first-order valence-electron chi connectivity index (χ1n) is 5.38. The molecule has 0 saturated heterocycles. The van der Waals surface area contributed by atoms with E-state index in [9.17, 15) is 9.90 Å². The van der Waals surface area contributed by atoms with Crippen LogP contribution in [0.5, 0.6) is 5.88 Å². The standard InChI is InChI=1S/C12H10N4O2/c1-7-11(17)15-10-9(6-14-16(10)12(7)18)8-3-2-4-13-5-8/h2-6,18H,1H3,(H,15,17). The highest BCUT2D eigenvalue weighted by Gasteiger charge is 2.13. The summed E-state index contributed by atoms with van der Waals surface area (Å²) in [5.41, 5.74) is 1.91. The molecule has 0 atom stereocenters. The van der Waals surface area contributed by atoms with Crippen molar-refractivity contribution in [2.24, 2.45) is 0 Å². The van der Waals surface area contributed by atoms with E-state index in [-0.39, 0.29) is 17.0 Å². The zero-order chi connectivity index (χ0) is 12.7. The predicted octanol–water partition coefficient (Wildman–Crippen LogP) is 1.10. The number of H-pyrrole nitrogens is 1. The summed E-state index contributed by atoms with van der Waals surface area (Å²) in [6.07, 6.45) is 4.92. The van der Waals surface area contributed by atoms with Gasteiger partial charge in [0, 0.05) is 23.5 Å². The van der Waals surface area contributed by atoms with E-state index in [0.29, 0.717) is 5.65 Å².